The Morgan fingerprint density at radius 2 is 1.82 bits per heavy atom. The smallest absolute Gasteiger partial charge is 0.246 e. The van der Waals surface area contributed by atoms with Gasteiger partial charge in [-0.1, -0.05) is 19.6 Å². The van der Waals surface area contributed by atoms with E-state index in [9.17, 15) is 13.6 Å². The first kappa shape index (κ1) is 19.1. The van der Waals surface area contributed by atoms with Crippen molar-refractivity contribution in [2.45, 2.75) is 38.5 Å². The van der Waals surface area contributed by atoms with Crippen molar-refractivity contribution in [2.24, 2.45) is 0 Å². The summed E-state index contributed by atoms with van der Waals surface area (Å²) < 4.78 is 34.6. The Morgan fingerprint density at radius 1 is 1.11 bits per heavy atom. The lowest BCUT2D eigenvalue weighted by Crippen LogP contribution is -2.42. The average molecular weight is 403 g/mol. The zero-order valence-electron chi connectivity index (χ0n) is 16.3. The topological polar surface area (TPSA) is 50.4 Å². The van der Waals surface area contributed by atoms with E-state index in [4.69, 9.17) is 4.74 Å². The van der Waals surface area contributed by atoms with Crippen LogP contribution in [0.15, 0.2) is 24.3 Å². The molecular formula is C21H24F2N2O2Si. The Morgan fingerprint density at radius 3 is 2.50 bits per heavy atom. The Balaban J connectivity index is 1.61. The zero-order valence-corrected chi connectivity index (χ0v) is 17.3. The van der Waals surface area contributed by atoms with Crippen LogP contribution in [0.5, 0.6) is 5.75 Å². The molecule has 0 spiro atoms. The molecule has 4 rings (SSSR count). The molecule has 2 N–H and O–H groups in total. The Labute approximate surface area is 164 Å². The zero-order chi connectivity index (χ0) is 20.1. The number of carbonyl (C=O) groups is 1. The number of amides is 1. The van der Waals surface area contributed by atoms with Crippen LogP contribution in [0.25, 0.3) is 0 Å². The van der Waals surface area contributed by atoms with Crippen molar-refractivity contribution >= 4 is 24.9 Å². The van der Waals surface area contributed by atoms with Gasteiger partial charge in [0.15, 0.2) is 0 Å². The van der Waals surface area contributed by atoms with Gasteiger partial charge in [-0.3, -0.25) is 4.79 Å². The summed E-state index contributed by atoms with van der Waals surface area (Å²) in [5, 5.41) is 6.06. The number of benzene rings is 2. The van der Waals surface area contributed by atoms with Crippen LogP contribution in [0.3, 0.4) is 0 Å². The van der Waals surface area contributed by atoms with Gasteiger partial charge in [0.25, 0.3) is 0 Å². The maximum Gasteiger partial charge on any atom is 0.246 e. The summed E-state index contributed by atoms with van der Waals surface area (Å²) in [4.78, 5) is 12.9. The standard InChI is InChI=1S/C21H24F2N2O2Si/c1-28(2,3)20-16(22)10-14(11-17(20)23)25-21(26)19-15-8-13-5-7-27-18(13)9-12(15)4-6-24-19/h8-11,19,24H,4-7H2,1-3H3,(H,25,26)/t19-/m1/s1. The van der Waals surface area contributed by atoms with Gasteiger partial charge in [0.1, 0.15) is 23.4 Å². The molecule has 7 heteroatoms. The van der Waals surface area contributed by atoms with Gasteiger partial charge in [-0.25, -0.2) is 8.78 Å². The molecule has 0 bridgehead atoms. The molecule has 2 aromatic rings. The fraction of sp³-hybridized carbons (Fsp3) is 0.381. The van der Waals surface area contributed by atoms with Gasteiger partial charge in [0.2, 0.25) is 5.91 Å². The lowest BCUT2D eigenvalue weighted by atomic mass is 9.91. The number of rotatable bonds is 3. The molecule has 1 amide bonds. The second-order valence-electron chi connectivity index (χ2n) is 8.45. The van der Waals surface area contributed by atoms with E-state index in [-0.39, 0.29) is 16.8 Å². The third-order valence-electron chi connectivity index (χ3n) is 5.33. The van der Waals surface area contributed by atoms with Crippen LogP contribution >= 0.6 is 0 Å². The van der Waals surface area contributed by atoms with E-state index in [1.165, 1.54) is 12.1 Å². The van der Waals surface area contributed by atoms with Gasteiger partial charge in [-0.05, 0) is 47.4 Å². The fourth-order valence-corrected chi connectivity index (χ4v) is 5.62. The highest BCUT2D eigenvalue weighted by molar-refractivity contribution is 6.88. The van der Waals surface area contributed by atoms with Crippen molar-refractivity contribution in [2.75, 3.05) is 18.5 Å². The van der Waals surface area contributed by atoms with Crippen LogP contribution in [0.4, 0.5) is 14.5 Å². The van der Waals surface area contributed by atoms with Crippen LogP contribution < -0.4 is 20.6 Å². The number of hydrogen-bond donors (Lipinski definition) is 2. The Bertz CT molecular complexity index is 933. The van der Waals surface area contributed by atoms with E-state index in [1.807, 2.05) is 31.8 Å². The van der Waals surface area contributed by atoms with Crippen LogP contribution in [-0.2, 0) is 17.6 Å². The number of anilines is 1. The summed E-state index contributed by atoms with van der Waals surface area (Å²) in [5.74, 6) is -0.617. The molecule has 0 aliphatic carbocycles. The number of nitrogens with one attached hydrogen (secondary N) is 2. The summed E-state index contributed by atoms with van der Waals surface area (Å²) >= 11 is 0. The minimum Gasteiger partial charge on any atom is -0.493 e. The van der Waals surface area contributed by atoms with Crippen LogP contribution in [0.2, 0.25) is 19.6 Å². The maximum absolute atomic E-state index is 14.5. The predicted octanol–water partition coefficient (Wildman–Crippen LogP) is 3.27. The summed E-state index contributed by atoms with van der Waals surface area (Å²) in [6.45, 7) is 6.97. The van der Waals surface area contributed by atoms with E-state index < -0.39 is 25.8 Å². The van der Waals surface area contributed by atoms with Crippen molar-refractivity contribution in [1.82, 2.24) is 5.32 Å². The van der Waals surface area contributed by atoms with E-state index in [1.54, 1.807) is 0 Å². The highest BCUT2D eigenvalue weighted by Gasteiger charge is 2.30. The molecule has 148 valence electrons. The van der Waals surface area contributed by atoms with Crippen molar-refractivity contribution in [3.05, 3.63) is 52.6 Å². The number of carbonyl (C=O) groups excluding carboxylic acids is 1. The highest BCUT2D eigenvalue weighted by atomic mass is 28.3. The molecular weight excluding hydrogens is 378 g/mol. The Kier molecular flexibility index (Phi) is 4.75. The quantitative estimate of drug-likeness (QED) is 0.775. The normalized spacial score (nSPS) is 18.2. The minimum atomic E-state index is -2.16. The van der Waals surface area contributed by atoms with Crippen LogP contribution in [0, 0.1) is 11.6 Å². The van der Waals surface area contributed by atoms with Crippen LogP contribution in [0.1, 0.15) is 22.7 Å². The van der Waals surface area contributed by atoms with E-state index >= 15 is 0 Å². The monoisotopic (exact) mass is 402 g/mol. The van der Waals surface area contributed by atoms with E-state index in [0.717, 1.165) is 35.3 Å². The van der Waals surface area contributed by atoms with Crippen molar-refractivity contribution in [3.8, 4) is 5.75 Å². The second-order valence-corrected chi connectivity index (χ2v) is 13.4. The first-order valence-electron chi connectivity index (χ1n) is 9.56. The van der Waals surface area contributed by atoms with Gasteiger partial charge >= 0.3 is 0 Å². The molecule has 4 nitrogen and oxygen atoms in total. The fourth-order valence-electron chi connectivity index (χ4n) is 4.04. The SMILES string of the molecule is C[Si](C)(C)c1c(F)cc(NC(=O)[C@@H]2NCCc3cc4c(cc32)CCO4)cc1F. The molecule has 0 saturated heterocycles. The second kappa shape index (κ2) is 6.97. The van der Waals surface area contributed by atoms with Gasteiger partial charge in [-0.2, -0.15) is 0 Å². The molecule has 1 atom stereocenters. The molecule has 0 radical (unpaired) electrons. The third kappa shape index (κ3) is 3.44. The van der Waals surface area contributed by atoms with E-state index in [0.29, 0.717) is 13.2 Å². The molecule has 2 aromatic carbocycles. The predicted molar refractivity (Wildman–Crippen MR) is 108 cm³/mol. The summed E-state index contributed by atoms with van der Waals surface area (Å²) in [6.07, 6.45) is 1.63. The molecule has 28 heavy (non-hydrogen) atoms. The summed E-state index contributed by atoms with van der Waals surface area (Å²) in [5.41, 5.74) is 3.22. The van der Waals surface area contributed by atoms with E-state index in [2.05, 4.69) is 10.6 Å². The van der Waals surface area contributed by atoms with Crippen molar-refractivity contribution in [3.63, 3.8) is 0 Å². The number of fused-ring (bicyclic) bond motifs is 2. The molecule has 2 heterocycles. The molecule has 2 aliphatic rings. The van der Waals surface area contributed by atoms with Crippen LogP contribution in [-0.4, -0.2) is 27.1 Å². The van der Waals surface area contributed by atoms with Crippen molar-refractivity contribution < 1.29 is 18.3 Å². The van der Waals surface area contributed by atoms with Gasteiger partial charge in [0.05, 0.1) is 14.7 Å². The number of ether oxygens (including phenoxy) is 1. The largest absolute Gasteiger partial charge is 0.493 e. The third-order valence-corrected chi connectivity index (χ3v) is 7.30. The Hall–Kier alpha value is -2.25. The summed E-state index contributed by atoms with van der Waals surface area (Å²) in [7, 11) is -2.16. The molecule has 0 aromatic heterocycles. The van der Waals surface area contributed by atoms with Gasteiger partial charge in [-0.15, -0.1) is 0 Å². The lowest BCUT2D eigenvalue weighted by Gasteiger charge is -2.27. The molecule has 2 aliphatic heterocycles. The van der Waals surface area contributed by atoms with Gasteiger partial charge < -0.3 is 15.4 Å². The summed E-state index contributed by atoms with van der Waals surface area (Å²) in [6, 6.07) is 5.91. The highest BCUT2D eigenvalue weighted by Crippen LogP contribution is 2.34. The first-order valence-corrected chi connectivity index (χ1v) is 13.1. The number of hydrogen-bond acceptors (Lipinski definition) is 3. The van der Waals surface area contributed by atoms with Crippen molar-refractivity contribution in [1.29, 1.82) is 0 Å². The maximum atomic E-state index is 14.5. The lowest BCUT2D eigenvalue weighted by molar-refractivity contribution is -0.118. The average Bonchev–Trinajstić information content (AvgIpc) is 3.04. The minimum absolute atomic E-state index is 0.139. The molecule has 0 fully saturated rings. The molecule has 0 saturated carbocycles. The van der Waals surface area contributed by atoms with Gasteiger partial charge in [0, 0.05) is 23.8 Å². The molecule has 0 unspecified atom stereocenters. The first-order chi connectivity index (χ1) is 13.2. The number of halogens is 2.